The van der Waals surface area contributed by atoms with Gasteiger partial charge in [0.15, 0.2) is 5.82 Å². The number of carboxylic acid groups (broad SMARTS) is 1. The van der Waals surface area contributed by atoms with Crippen molar-refractivity contribution in [3.8, 4) is 11.4 Å². The minimum Gasteiger partial charge on any atom is -0.480 e. The first kappa shape index (κ1) is 18.2. The van der Waals surface area contributed by atoms with Gasteiger partial charge in [-0.1, -0.05) is 25.4 Å². The summed E-state index contributed by atoms with van der Waals surface area (Å²) < 4.78 is 5.56. The molecule has 0 aliphatic heterocycles. The topological polar surface area (TPSA) is 88.2 Å². The number of rotatable bonds is 6. The summed E-state index contributed by atoms with van der Waals surface area (Å²) in [5, 5.41) is 13.9. The second-order valence-electron chi connectivity index (χ2n) is 6.67. The highest BCUT2D eigenvalue weighted by atomic mass is 35.5. The maximum atomic E-state index is 11.5. The molecule has 0 fully saturated rings. The number of furan rings is 1. The number of carboxylic acids is 1. The lowest BCUT2D eigenvalue weighted by atomic mass is 10.0. The molecule has 2 N–H and O–H groups in total. The Morgan fingerprint density at radius 3 is 2.77 bits per heavy atom. The standard InChI is InChI=1S/C19H20ClN3O3/c1-10(2)6-15(19(24)25)22-17-7-11(3)21-18(23-17)14-9-26-16-5-4-12(20)8-13(14)16/h4-5,7-10,15H,6H2,1-3H3,(H,24,25)(H,21,22,23)/t15-/m0/s1. The van der Waals surface area contributed by atoms with E-state index < -0.39 is 12.0 Å². The highest BCUT2D eigenvalue weighted by Gasteiger charge is 2.20. The number of aliphatic carboxylic acids is 1. The maximum absolute atomic E-state index is 11.5. The quantitative estimate of drug-likeness (QED) is 0.647. The summed E-state index contributed by atoms with van der Waals surface area (Å²) in [7, 11) is 0. The van der Waals surface area contributed by atoms with E-state index in [2.05, 4.69) is 15.3 Å². The van der Waals surface area contributed by atoms with E-state index in [1.165, 1.54) is 0 Å². The summed E-state index contributed by atoms with van der Waals surface area (Å²) >= 11 is 6.09. The van der Waals surface area contributed by atoms with Crippen molar-refractivity contribution in [2.75, 3.05) is 5.32 Å². The SMILES string of the molecule is Cc1cc(N[C@@H](CC(C)C)C(=O)O)nc(-c2coc3ccc(Cl)cc23)n1. The van der Waals surface area contributed by atoms with Crippen LogP contribution in [0.3, 0.4) is 0 Å². The third-order valence-corrected chi connectivity index (χ3v) is 4.19. The Morgan fingerprint density at radius 2 is 2.08 bits per heavy atom. The summed E-state index contributed by atoms with van der Waals surface area (Å²) in [5.41, 5.74) is 2.12. The van der Waals surface area contributed by atoms with E-state index in [0.29, 0.717) is 34.2 Å². The maximum Gasteiger partial charge on any atom is 0.326 e. The Balaban J connectivity index is 1.99. The van der Waals surface area contributed by atoms with Crippen molar-refractivity contribution in [3.05, 3.63) is 41.2 Å². The number of aromatic nitrogens is 2. The van der Waals surface area contributed by atoms with Gasteiger partial charge in [-0.3, -0.25) is 0 Å². The number of hydrogen-bond acceptors (Lipinski definition) is 5. The Labute approximate surface area is 156 Å². The van der Waals surface area contributed by atoms with Gasteiger partial charge in [-0.25, -0.2) is 14.8 Å². The van der Waals surface area contributed by atoms with Crippen LogP contribution in [0.25, 0.3) is 22.4 Å². The molecule has 0 bridgehead atoms. The number of carbonyl (C=O) groups is 1. The van der Waals surface area contributed by atoms with Crippen molar-refractivity contribution >= 4 is 34.4 Å². The largest absolute Gasteiger partial charge is 0.480 e. The summed E-state index contributed by atoms with van der Waals surface area (Å²) in [6.45, 7) is 5.80. The zero-order chi connectivity index (χ0) is 18.8. The number of fused-ring (bicyclic) bond motifs is 1. The predicted octanol–water partition coefficient (Wildman–Crippen LogP) is 4.76. The van der Waals surface area contributed by atoms with Crippen LogP contribution in [0.15, 0.2) is 34.9 Å². The van der Waals surface area contributed by atoms with E-state index >= 15 is 0 Å². The normalized spacial score (nSPS) is 12.5. The highest BCUT2D eigenvalue weighted by molar-refractivity contribution is 6.31. The molecule has 0 unspecified atom stereocenters. The van der Waals surface area contributed by atoms with Crippen molar-refractivity contribution in [1.82, 2.24) is 9.97 Å². The van der Waals surface area contributed by atoms with Crippen molar-refractivity contribution < 1.29 is 14.3 Å². The number of anilines is 1. The number of nitrogens with zero attached hydrogens (tertiary/aromatic N) is 2. The third-order valence-electron chi connectivity index (χ3n) is 3.96. The fourth-order valence-corrected chi connectivity index (χ4v) is 2.98. The lowest BCUT2D eigenvalue weighted by Crippen LogP contribution is -2.31. The smallest absolute Gasteiger partial charge is 0.326 e. The fraction of sp³-hybridized carbons (Fsp3) is 0.316. The monoisotopic (exact) mass is 373 g/mol. The van der Waals surface area contributed by atoms with Gasteiger partial charge in [0.1, 0.15) is 23.7 Å². The zero-order valence-corrected chi connectivity index (χ0v) is 15.5. The predicted molar refractivity (Wildman–Crippen MR) is 101 cm³/mol. The number of halogens is 1. The molecule has 1 aromatic carbocycles. The van der Waals surface area contributed by atoms with E-state index in [4.69, 9.17) is 16.0 Å². The van der Waals surface area contributed by atoms with Crippen LogP contribution in [0.2, 0.25) is 5.02 Å². The molecule has 2 aromatic heterocycles. The van der Waals surface area contributed by atoms with E-state index in [9.17, 15) is 9.90 Å². The minimum absolute atomic E-state index is 0.242. The van der Waals surface area contributed by atoms with Gasteiger partial charge in [0.25, 0.3) is 0 Å². The molecule has 0 spiro atoms. The van der Waals surface area contributed by atoms with Gasteiger partial charge in [0.2, 0.25) is 0 Å². The molecule has 26 heavy (non-hydrogen) atoms. The van der Waals surface area contributed by atoms with E-state index in [0.717, 1.165) is 11.1 Å². The Bertz CT molecular complexity index is 952. The zero-order valence-electron chi connectivity index (χ0n) is 14.8. The van der Waals surface area contributed by atoms with Crippen LogP contribution in [0.5, 0.6) is 0 Å². The molecular formula is C19H20ClN3O3. The molecule has 136 valence electrons. The molecule has 0 saturated heterocycles. The molecule has 3 aromatic rings. The van der Waals surface area contributed by atoms with Crippen molar-refractivity contribution in [1.29, 1.82) is 0 Å². The van der Waals surface area contributed by atoms with Crippen LogP contribution in [0.1, 0.15) is 26.0 Å². The summed E-state index contributed by atoms with van der Waals surface area (Å²) in [4.78, 5) is 20.5. The van der Waals surface area contributed by atoms with E-state index in [1.54, 1.807) is 30.5 Å². The first-order valence-corrected chi connectivity index (χ1v) is 8.73. The van der Waals surface area contributed by atoms with Gasteiger partial charge in [-0.05, 0) is 37.5 Å². The molecule has 0 aliphatic rings. The molecule has 0 aliphatic carbocycles. The number of nitrogens with one attached hydrogen (secondary N) is 1. The average Bonchev–Trinajstić information content (AvgIpc) is 2.96. The van der Waals surface area contributed by atoms with Crippen molar-refractivity contribution in [3.63, 3.8) is 0 Å². The van der Waals surface area contributed by atoms with Crippen molar-refractivity contribution in [2.45, 2.75) is 33.2 Å². The number of aryl methyl sites for hydroxylation is 1. The molecule has 3 rings (SSSR count). The van der Waals surface area contributed by atoms with Gasteiger partial charge >= 0.3 is 5.97 Å². The molecule has 0 amide bonds. The number of hydrogen-bond donors (Lipinski definition) is 2. The van der Waals surface area contributed by atoms with Crippen LogP contribution in [-0.4, -0.2) is 27.1 Å². The van der Waals surface area contributed by atoms with E-state index in [1.807, 2.05) is 20.8 Å². The van der Waals surface area contributed by atoms with Crippen LogP contribution >= 0.6 is 11.6 Å². The van der Waals surface area contributed by atoms with Gasteiger partial charge in [0.05, 0.1) is 5.56 Å². The summed E-state index contributed by atoms with van der Waals surface area (Å²) in [6.07, 6.45) is 2.08. The molecule has 7 heteroatoms. The molecular weight excluding hydrogens is 354 g/mol. The Kier molecular flexibility index (Phi) is 5.13. The summed E-state index contributed by atoms with van der Waals surface area (Å²) in [5.74, 6) is 0.266. The third kappa shape index (κ3) is 3.96. The second kappa shape index (κ2) is 7.33. The summed E-state index contributed by atoms with van der Waals surface area (Å²) in [6, 6.07) is 6.36. The minimum atomic E-state index is -0.906. The molecule has 1 atom stereocenters. The Hall–Kier alpha value is -2.60. The molecule has 0 radical (unpaired) electrons. The highest BCUT2D eigenvalue weighted by Crippen LogP contribution is 2.31. The van der Waals surface area contributed by atoms with Crippen LogP contribution in [0, 0.1) is 12.8 Å². The average molecular weight is 374 g/mol. The van der Waals surface area contributed by atoms with Crippen LogP contribution < -0.4 is 5.32 Å². The molecule has 0 saturated carbocycles. The van der Waals surface area contributed by atoms with Crippen molar-refractivity contribution in [2.24, 2.45) is 5.92 Å². The fourth-order valence-electron chi connectivity index (χ4n) is 2.81. The lowest BCUT2D eigenvalue weighted by Gasteiger charge is -2.17. The van der Waals surface area contributed by atoms with Gasteiger partial charge < -0.3 is 14.8 Å². The number of benzene rings is 1. The van der Waals surface area contributed by atoms with Gasteiger partial charge in [0, 0.05) is 22.2 Å². The van der Waals surface area contributed by atoms with Gasteiger partial charge in [-0.2, -0.15) is 0 Å². The van der Waals surface area contributed by atoms with Crippen LogP contribution in [-0.2, 0) is 4.79 Å². The molecule has 6 nitrogen and oxygen atoms in total. The van der Waals surface area contributed by atoms with Gasteiger partial charge in [-0.15, -0.1) is 0 Å². The first-order valence-electron chi connectivity index (χ1n) is 8.35. The Morgan fingerprint density at radius 1 is 1.31 bits per heavy atom. The first-order chi connectivity index (χ1) is 12.3. The molecule has 2 heterocycles. The second-order valence-corrected chi connectivity index (χ2v) is 7.11. The van der Waals surface area contributed by atoms with Crippen LogP contribution in [0.4, 0.5) is 5.82 Å². The lowest BCUT2D eigenvalue weighted by molar-refractivity contribution is -0.138. The van der Waals surface area contributed by atoms with E-state index in [-0.39, 0.29) is 5.92 Å².